The fourth-order valence-corrected chi connectivity index (χ4v) is 4.53. The van der Waals surface area contributed by atoms with Gasteiger partial charge in [0, 0.05) is 0 Å². The smallest absolute Gasteiger partial charge is 0.178 e. The molecule has 8 heteroatoms. The average Bonchev–Trinajstić information content (AvgIpc) is 2.65. The van der Waals surface area contributed by atoms with Crippen molar-refractivity contribution in [3.8, 4) is 35.8 Å². The van der Waals surface area contributed by atoms with Gasteiger partial charge in [-0.1, -0.05) is 53.4 Å². The van der Waals surface area contributed by atoms with Crippen molar-refractivity contribution in [1.82, 2.24) is 9.97 Å². The molecule has 0 amide bonds. The summed E-state index contributed by atoms with van der Waals surface area (Å²) in [6.07, 6.45) is -0.592. The number of nitrogens with zero attached hydrogens (tertiary/aromatic N) is 4. The first-order valence-electron chi connectivity index (χ1n) is 10.7. The number of aromatic nitrogens is 2. The lowest BCUT2D eigenvalue weighted by Gasteiger charge is -2.28. The molecule has 1 rings (SSSR count). The first kappa shape index (κ1) is 27.6. The zero-order valence-corrected chi connectivity index (χ0v) is 23.2. The van der Waals surface area contributed by atoms with Gasteiger partial charge in [0.25, 0.3) is 0 Å². The molecular weight excluding hydrogens is 432 g/mol. The van der Waals surface area contributed by atoms with Crippen molar-refractivity contribution in [1.29, 1.82) is 10.5 Å². The second-order valence-corrected chi connectivity index (χ2v) is 15.0. The van der Waals surface area contributed by atoms with Gasteiger partial charge in [-0.25, -0.2) is 9.97 Å². The molecule has 1 heterocycles. The van der Waals surface area contributed by atoms with Crippen LogP contribution >= 0.6 is 0 Å². The second kappa shape index (κ2) is 11.4. The van der Waals surface area contributed by atoms with Crippen LogP contribution in [0.15, 0.2) is 0 Å². The van der Waals surface area contributed by atoms with E-state index < -0.39 is 18.1 Å². The molecule has 170 valence electrons. The molecule has 2 atom stereocenters. The maximum atomic E-state index is 9.39. The van der Waals surface area contributed by atoms with Crippen molar-refractivity contribution in [2.24, 2.45) is 10.8 Å². The van der Waals surface area contributed by atoms with Crippen molar-refractivity contribution < 1.29 is 8.85 Å². The van der Waals surface area contributed by atoms with Crippen LogP contribution in [0.5, 0.6) is 0 Å². The molecule has 0 radical (unpaired) electrons. The average molecular weight is 467 g/mol. The normalized spacial score (nSPS) is 13.3. The molecule has 0 bridgehead atoms. The lowest BCUT2D eigenvalue weighted by atomic mass is 9.89. The van der Waals surface area contributed by atoms with E-state index in [0.29, 0.717) is 0 Å². The van der Waals surface area contributed by atoms with E-state index >= 15 is 0 Å². The third kappa shape index (κ3) is 8.58. The van der Waals surface area contributed by atoms with Gasteiger partial charge in [0.15, 0.2) is 29.5 Å². The van der Waals surface area contributed by atoms with Crippen LogP contribution in [0.25, 0.3) is 0 Å². The maximum absolute atomic E-state index is 9.39. The molecule has 0 aromatic carbocycles. The number of hydrogen-bond acceptors (Lipinski definition) is 6. The summed E-state index contributed by atoms with van der Waals surface area (Å²) in [6, 6.07) is 3.85. The Balaban J connectivity index is 3.63. The Morgan fingerprint density at radius 1 is 0.656 bits per heavy atom. The lowest BCUT2D eigenvalue weighted by molar-refractivity contribution is 0.137. The molecule has 0 saturated heterocycles. The molecule has 0 N–H and O–H groups in total. The minimum atomic E-state index is -1.33. The zero-order valence-electron chi connectivity index (χ0n) is 20.9. The summed E-state index contributed by atoms with van der Waals surface area (Å²) >= 11 is 0. The van der Waals surface area contributed by atoms with E-state index in [4.69, 9.17) is 8.85 Å². The second-order valence-electron chi connectivity index (χ2n) is 10.2. The van der Waals surface area contributed by atoms with E-state index in [1.807, 2.05) is 12.1 Å². The molecule has 0 saturated carbocycles. The van der Waals surface area contributed by atoms with Crippen molar-refractivity contribution in [2.75, 3.05) is 0 Å². The quantitative estimate of drug-likeness (QED) is 0.496. The molecule has 0 spiro atoms. The van der Waals surface area contributed by atoms with E-state index in [-0.39, 0.29) is 45.8 Å². The van der Waals surface area contributed by atoms with Gasteiger partial charge in [-0.15, -0.1) is 0 Å². The van der Waals surface area contributed by atoms with Crippen molar-refractivity contribution in [3.05, 3.63) is 22.8 Å². The molecule has 1 aromatic heterocycles. The minimum absolute atomic E-state index is 0.0629. The minimum Gasteiger partial charge on any atom is -0.406 e. The Morgan fingerprint density at radius 3 is 1.19 bits per heavy atom. The van der Waals surface area contributed by atoms with Gasteiger partial charge in [0.2, 0.25) is 0 Å². The fraction of sp³-hybridized carbons (Fsp3) is 0.583. The Kier molecular flexibility index (Phi) is 9.83. The number of rotatable bonds is 4. The molecule has 6 nitrogen and oxygen atoms in total. The van der Waals surface area contributed by atoms with Crippen LogP contribution in [0.2, 0.25) is 26.2 Å². The van der Waals surface area contributed by atoms with Crippen LogP contribution in [0, 0.1) is 57.2 Å². The van der Waals surface area contributed by atoms with Crippen molar-refractivity contribution in [3.63, 3.8) is 0 Å². The molecule has 2 unspecified atom stereocenters. The monoisotopic (exact) mass is 466 g/mol. The SMILES string of the molecule is C[SiH](C)OC(C#Cc1nc(C#N)c(C#N)nc1C#CC(O[SiH](C)C)C(C)(C)C)C(C)(C)C. The van der Waals surface area contributed by atoms with E-state index in [9.17, 15) is 10.5 Å². The summed E-state index contributed by atoms with van der Waals surface area (Å²) in [6.45, 7) is 20.8. The highest BCUT2D eigenvalue weighted by molar-refractivity contribution is 6.48. The molecule has 0 fully saturated rings. The number of nitriles is 2. The highest BCUT2D eigenvalue weighted by Gasteiger charge is 2.26. The third-order valence-corrected chi connectivity index (χ3v) is 5.77. The van der Waals surface area contributed by atoms with Gasteiger partial charge in [-0.2, -0.15) is 10.5 Å². The van der Waals surface area contributed by atoms with Gasteiger partial charge < -0.3 is 8.85 Å². The van der Waals surface area contributed by atoms with Gasteiger partial charge in [0.1, 0.15) is 35.7 Å². The fourth-order valence-electron chi connectivity index (χ4n) is 2.49. The van der Waals surface area contributed by atoms with Crippen LogP contribution in [0.3, 0.4) is 0 Å². The molecule has 1 aromatic rings. The summed E-state index contributed by atoms with van der Waals surface area (Å²) in [5, 5.41) is 18.8. The summed E-state index contributed by atoms with van der Waals surface area (Å²) in [4.78, 5) is 8.60. The molecule has 0 aliphatic carbocycles. The Labute approximate surface area is 196 Å². The Morgan fingerprint density at radius 2 is 0.969 bits per heavy atom. The molecule has 32 heavy (non-hydrogen) atoms. The van der Waals surface area contributed by atoms with E-state index in [0.717, 1.165) is 0 Å². The van der Waals surface area contributed by atoms with E-state index in [1.165, 1.54) is 0 Å². The number of hydrogen-bond donors (Lipinski definition) is 0. The first-order chi connectivity index (χ1) is 14.7. The van der Waals surface area contributed by atoms with Gasteiger partial charge in [-0.05, 0) is 48.9 Å². The zero-order chi connectivity index (χ0) is 24.7. The van der Waals surface area contributed by atoms with Crippen LogP contribution < -0.4 is 0 Å². The predicted molar refractivity (Wildman–Crippen MR) is 132 cm³/mol. The largest absolute Gasteiger partial charge is 0.406 e. The molecule has 0 aliphatic heterocycles. The summed E-state index contributed by atoms with van der Waals surface area (Å²) in [5.41, 5.74) is 0.0262. The van der Waals surface area contributed by atoms with Gasteiger partial charge >= 0.3 is 0 Å². The highest BCUT2D eigenvalue weighted by atomic mass is 28.3. The highest BCUT2D eigenvalue weighted by Crippen LogP contribution is 2.24. The van der Waals surface area contributed by atoms with Crippen LogP contribution in [-0.4, -0.2) is 40.3 Å². The van der Waals surface area contributed by atoms with E-state index in [2.05, 4.69) is 101 Å². The van der Waals surface area contributed by atoms with Gasteiger partial charge in [0.05, 0.1) is 0 Å². The molecular formula is C24H34N4O2Si2. The Bertz CT molecular complexity index is 935. The van der Waals surface area contributed by atoms with Crippen molar-refractivity contribution >= 4 is 18.1 Å². The van der Waals surface area contributed by atoms with E-state index in [1.54, 1.807) is 0 Å². The summed E-state index contributed by atoms with van der Waals surface area (Å²) < 4.78 is 12.2. The predicted octanol–water partition coefficient (Wildman–Crippen LogP) is 3.75. The van der Waals surface area contributed by atoms with Crippen molar-refractivity contribution in [2.45, 2.75) is 79.9 Å². The third-order valence-electron chi connectivity index (χ3n) is 4.14. The topological polar surface area (TPSA) is 91.8 Å². The van der Waals surface area contributed by atoms with Crippen LogP contribution in [0.1, 0.15) is 64.3 Å². The maximum Gasteiger partial charge on any atom is 0.178 e. The van der Waals surface area contributed by atoms with Gasteiger partial charge in [-0.3, -0.25) is 0 Å². The Hall–Kier alpha value is -2.47. The molecule has 0 aliphatic rings. The van der Waals surface area contributed by atoms with Crippen LogP contribution in [0.4, 0.5) is 0 Å². The standard InChI is InChI=1S/C24H34N4O2Si2/c1-23(2,3)21(29-31(7)8)13-11-17-18(28-20(16-26)19(15-25)27-17)12-14-22(24(4,5)6)30-32(9)10/h21-22,31-32H,1-10H3. The first-order valence-corrected chi connectivity index (χ1v) is 16.3. The summed E-state index contributed by atoms with van der Waals surface area (Å²) in [7, 11) is -2.66. The van der Waals surface area contributed by atoms with Crippen LogP contribution in [-0.2, 0) is 8.85 Å². The summed E-state index contributed by atoms with van der Waals surface area (Å²) in [5.74, 6) is 12.4. The lowest BCUT2D eigenvalue weighted by Crippen LogP contribution is -2.32.